The van der Waals surface area contributed by atoms with Crippen LogP contribution in [0, 0.1) is 5.92 Å². The molecular formula is C17H24N4O2. The zero-order chi connectivity index (χ0) is 16.9. The number of amides is 1. The molecule has 1 aromatic carbocycles. The molecule has 0 saturated carbocycles. The van der Waals surface area contributed by atoms with Crippen molar-refractivity contribution < 1.29 is 9.90 Å². The third kappa shape index (κ3) is 5.17. The van der Waals surface area contributed by atoms with Gasteiger partial charge in [-0.15, -0.1) is 5.10 Å². The number of nitrogens with one attached hydrogen (secondary N) is 1. The van der Waals surface area contributed by atoms with E-state index < -0.39 is 5.60 Å². The van der Waals surface area contributed by atoms with Gasteiger partial charge in [0.05, 0.1) is 11.3 Å². The lowest BCUT2D eigenvalue weighted by Gasteiger charge is -2.24. The quantitative estimate of drug-likeness (QED) is 0.820. The Hall–Kier alpha value is -2.21. The van der Waals surface area contributed by atoms with Crippen LogP contribution in [0.5, 0.6) is 0 Å². The van der Waals surface area contributed by atoms with Crippen molar-refractivity contribution in [2.24, 2.45) is 5.92 Å². The van der Waals surface area contributed by atoms with Gasteiger partial charge in [0, 0.05) is 6.54 Å². The molecule has 0 aliphatic rings. The first-order valence-corrected chi connectivity index (χ1v) is 7.85. The molecule has 1 amide bonds. The van der Waals surface area contributed by atoms with Crippen LogP contribution >= 0.6 is 0 Å². The predicted octanol–water partition coefficient (Wildman–Crippen LogP) is 2.18. The number of rotatable bonds is 7. The fraction of sp³-hybridized carbons (Fsp3) is 0.471. The molecule has 0 saturated heterocycles. The van der Waals surface area contributed by atoms with Crippen molar-refractivity contribution in [3.8, 4) is 5.69 Å². The van der Waals surface area contributed by atoms with Crippen LogP contribution in [0.25, 0.3) is 5.69 Å². The van der Waals surface area contributed by atoms with Crippen LogP contribution in [0.4, 0.5) is 0 Å². The summed E-state index contributed by atoms with van der Waals surface area (Å²) in [7, 11) is 0. The van der Waals surface area contributed by atoms with E-state index in [1.54, 1.807) is 11.6 Å². The van der Waals surface area contributed by atoms with Gasteiger partial charge >= 0.3 is 0 Å². The molecule has 124 valence electrons. The highest BCUT2D eigenvalue weighted by molar-refractivity contribution is 5.90. The van der Waals surface area contributed by atoms with Gasteiger partial charge in [0.25, 0.3) is 5.91 Å². The van der Waals surface area contributed by atoms with Crippen LogP contribution in [0.1, 0.15) is 44.2 Å². The van der Waals surface area contributed by atoms with Crippen molar-refractivity contribution in [1.82, 2.24) is 20.1 Å². The second-order valence-corrected chi connectivity index (χ2v) is 6.46. The Morgan fingerprint density at radius 1 is 1.35 bits per heavy atom. The number of benzene rings is 1. The maximum Gasteiger partial charge on any atom is 0.291 e. The number of hydrogen-bond donors (Lipinski definition) is 2. The predicted molar refractivity (Wildman–Crippen MR) is 88.4 cm³/mol. The fourth-order valence-corrected chi connectivity index (χ4v) is 2.11. The van der Waals surface area contributed by atoms with Gasteiger partial charge in [-0.05, 0) is 37.8 Å². The minimum atomic E-state index is -0.929. The van der Waals surface area contributed by atoms with Crippen LogP contribution in [0.3, 0.4) is 0 Å². The Balaban J connectivity index is 1.93. The molecule has 0 aliphatic heterocycles. The summed E-state index contributed by atoms with van der Waals surface area (Å²) < 4.78 is 1.55. The molecule has 6 nitrogen and oxygen atoms in total. The number of carbonyl (C=O) groups is 1. The van der Waals surface area contributed by atoms with Gasteiger partial charge in [-0.1, -0.05) is 32.0 Å². The number of carbonyl (C=O) groups excluding carboxylic acids is 1. The van der Waals surface area contributed by atoms with E-state index >= 15 is 0 Å². The van der Waals surface area contributed by atoms with Crippen LogP contribution < -0.4 is 5.32 Å². The highest BCUT2D eigenvalue weighted by Crippen LogP contribution is 2.15. The Morgan fingerprint density at radius 2 is 2.04 bits per heavy atom. The lowest BCUT2D eigenvalue weighted by molar-refractivity contribution is 0.0427. The lowest BCUT2D eigenvalue weighted by atomic mass is 9.95. The van der Waals surface area contributed by atoms with Gasteiger partial charge < -0.3 is 10.4 Å². The molecule has 2 N–H and O–H groups in total. The maximum atomic E-state index is 12.1. The van der Waals surface area contributed by atoms with Crippen molar-refractivity contribution in [1.29, 1.82) is 0 Å². The smallest absolute Gasteiger partial charge is 0.291 e. The van der Waals surface area contributed by atoms with Crippen LogP contribution in [0.2, 0.25) is 0 Å². The maximum absolute atomic E-state index is 12.1. The van der Waals surface area contributed by atoms with E-state index in [0.29, 0.717) is 12.3 Å². The Bertz CT molecular complexity index is 635. The lowest BCUT2D eigenvalue weighted by Crippen LogP contribution is -2.41. The van der Waals surface area contributed by atoms with Gasteiger partial charge in [-0.25, -0.2) is 9.67 Å². The summed E-state index contributed by atoms with van der Waals surface area (Å²) >= 11 is 0. The van der Waals surface area contributed by atoms with E-state index in [4.69, 9.17) is 0 Å². The van der Waals surface area contributed by atoms with Crippen molar-refractivity contribution >= 4 is 5.91 Å². The normalized spacial score (nSPS) is 13.8. The van der Waals surface area contributed by atoms with Gasteiger partial charge in [-0.2, -0.15) is 0 Å². The van der Waals surface area contributed by atoms with E-state index in [1.165, 1.54) is 6.33 Å². The van der Waals surface area contributed by atoms with E-state index in [2.05, 4.69) is 29.2 Å². The number of aliphatic hydroxyl groups is 1. The molecule has 0 radical (unpaired) electrons. The summed E-state index contributed by atoms with van der Waals surface area (Å²) in [4.78, 5) is 16.1. The van der Waals surface area contributed by atoms with Crippen molar-refractivity contribution in [2.75, 3.05) is 6.54 Å². The highest BCUT2D eigenvalue weighted by atomic mass is 16.3. The number of hydrogen-bond acceptors (Lipinski definition) is 4. The molecule has 1 unspecified atom stereocenters. The number of nitrogens with zero attached hydrogens (tertiary/aromatic N) is 3. The number of aromatic nitrogens is 3. The first kappa shape index (κ1) is 17.1. The summed E-state index contributed by atoms with van der Waals surface area (Å²) in [5, 5.41) is 17.1. The Labute approximate surface area is 136 Å². The topological polar surface area (TPSA) is 80.0 Å². The molecule has 0 fully saturated rings. The average Bonchev–Trinajstić information content (AvgIpc) is 3.02. The fourth-order valence-electron chi connectivity index (χ4n) is 2.11. The Kier molecular flexibility index (Phi) is 5.50. The average molecular weight is 316 g/mol. The third-order valence-electron chi connectivity index (χ3n) is 3.61. The molecule has 2 rings (SSSR count). The summed E-state index contributed by atoms with van der Waals surface area (Å²) in [5.74, 6) is 0.221. The summed E-state index contributed by atoms with van der Waals surface area (Å²) in [6, 6.07) is 9.46. The van der Waals surface area contributed by atoms with Gasteiger partial charge in [0.1, 0.15) is 6.33 Å². The Morgan fingerprint density at radius 3 is 2.70 bits per heavy atom. The summed E-state index contributed by atoms with van der Waals surface area (Å²) in [6.07, 6.45) is 3.04. The zero-order valence-corrected chi connectivity index (χ0v) is 13.9. The standard InChI is InChI=1S/C17H24N4O2/c1-13(2)9-10-17(3,23)11-18-16(22)15-19-12-21(20-15)14-7-5-4-6-8-14/h4-8,12-13,23H,9-11H2,1-3H3,(H,18,22). The molecule has 23 heavy (non-hydrogen) atoms. The molecule has 0 aliphatic carbocycles. The molecule has 6 heteroatoms. The second kappa shape index (κ2) is 7.37. The third-order valence-corrected chi connectivity index (χ3v) is 3.61. The van der Waals surface area contributed by atoms with Crippen LogP contribution in [-0.2, 0) is 0 Å². The second-order valence-electron chi connectivity index (χ2n) is 6.46. The molecule has 0 spiro atoms. The van der Waals surface area contributed by atoms with Crippen LogP contribution in [0.15, 0.2) is 36.7 Å². The zero-order valence-electron chi connectivity index (χ0n) is 13.9. The van der Waals surface area contributed by atoms with E-state index in [1.807, 2.05) is 30.3 Å². The van der Waals surface area contributed by atoms with E-state index in [-0.39, 0.29) is 18.3 Å². The first-order chi connectivity index (χ1) is 10.9. The van der Waals surface area contributed by atoms with Crippen molar-refractivity contribution in [3.63, 3.8) is 0 Å². The molecular weight excluding hydrogens is 292 g/mol. The molecule has 1 heterocycles. The molecule has 1 atom stereocenters. The van der Waals surface area contributed by atoms with Gasteiger partial charge in [0.2, 0.25) is 5.82 Å². The molecule has 0 bridgehead atoms. The minimum Gasteiger partial charge on any atom is -0.388 e. The van der Waals surface area contributed by atoms with Crippen molar-refractivity contribution in [2.45, 2.75) is 39.2 Å². The monoisotopic (exact) mass is 316 g/mol. The van der Waals surface area contributed by atoms with Crippen LogP contribution in [-0.4, -0.2) is 37.9 Å². The minimum absolute atomic E-state index is 0.0912. The summed E-state index contributed by atoms with van der Waals surface area (Å²) in [6.45, 7) is 6.12. The molecule has 1 aromatic heterocycles. The highest BCUT2D eigenvalue weighted by Gasteiger charge is 2.22. The SMILES string of the molecule is CC(C)CCC(C)(O)CNC(=O)c1ncn(-c2ccccc2)n1. The largest absolute Gasteiger partial charge is 0.388 e. The molecule has 2 aromatic rings. The number of para-hydroxylation sites is 1. The van der Waals surface area contributed by atoms with Crippen molar-refractivity contribution in [3.05, 3.63) is 42.5 Å². The first-order valence-electron chi connectivity index (χ1n) is 7.85. The van der Waals surface area contributed by atoms with E-state index in [0.717, 1.165) is 12.1 Å². The van der Waals surface area contributed by atoms with Gasteiger partial charge in [0.15, 0.2) is 0 Å². The van der Waals surface area contributed by atoms with E-state index in [9.17, 15) is 9.90 Å². The van der Waals surface area contributed by atoms with Gasteiger partial charge in [-0.3, -0.25) is 4.79 Å². The summed E-state index contributed by atoms with van der Waals surface area (Å²) in [5.41, 5.74) is -0.0926.